The number of fused-ring (bicyclic) bond motifs is 1. The zero-order valence-electron chi connectivity index (χ0n) is 17.9. The smallest absolute Gasteiger partial charge is 0.232 e. The molecule has 2 aliphatic rings. The van der Waals surface area contributed by atoms with Crippen LogP contribution >= 0.6 is 0 Å². The Morgan fingerprint density at radius 1 is 1.29 bits per heavy atom. The third kappa shape index (κ3) is 4.30. The van der Waals surface area contributed by atoms with Crippen LogP contribution in [0.3, 0.4) is 0 Å². The van der Waals surface area contributed by atoms with Crippen molar-refractivity contribution in [3.8, 4) is 0 Å². The second kappa shape index (κ2) is 9.09. The average Bonchev–Trinajstić information content (AvgIpc) is 3.36. The predicted molar refractivity (Wildman–Crippen MR) is 113 cm³/mol. The van der Waals surface area contributed by atoms with Crippen LogP contribution in [0.2, 0.25) is 0 Å². The number of nitrogens with zero attached hydrogens (tertiary/aromatic N) is 4. The number of anilines is 1. The van der Waals surface area contributed by atoms with Crippen molar-refractivity contribution >= 4 is 17.6 Å². The molecule has 0 aliphatic carbocycles. The average molecular weight is 426 g/mol. The lowest BCUT2D eigenvalue weighted by atomic mass is 10.1. The summed E-state index contributed by atoms with van der Waals surface area (Å²) in [7, 11) is 1.58. The molecule has 4 rings (SSSR count). The number of aryl methyl sites for hydroxylation is 1. The Morgan fingerprint density at radius 3 is 2.87 bits per heavy atom. The summed E-state index contributed by atoms with van der Waals surface area (Å²) in [6.45, 7) is 3.28. The van der Waals surface area contributed by atoms with E-state index in [0.717, 1.165) is 24.1 Å². The lowest BCUT2D eigenvalue weighted by Gasteiger charge is -2.25. The molecule has 1 unspecified atom stereocenters. The summed E-state index contributed by atoms with van der Waals surface area (Å²) >= 11 is 0. The fourth-order valence-electron chi connectivity index (χ4n) is 4.38. The highest BCUT2D eigenvalue weighted by Crippen LogP contribution is 2.35. The topological polar surface area (TPSA) is 75.6 Å². The van der Waals surface area contributed by atoms with Crippen molar-refractivity contribution < 1.29 is 18.7 Å². The van der Waals surface area contributed by atoms with Crippen LogP contribution in [0.4, 0.5) is 10.2 Å². The van der Waals surface area contributed by atoms with E-state index >= 15 is 0 Å². The highest BCUT2D eigenvalue weighted by molar-refractivity contribution is 6.00. The summed E-state index contributed by atoms with van der Waals surface area (Å²) < 4.78 is 19.1. The van der Waals surface area contributed by atoms with Gasteiger partial charge < -0.3 is 9.64 Å². The van der Waals surface area contributed by atoms with Gasteiger partial charge in [0.2, 0.25) is 11.8 Å². The summed E-state index contributed by atoms with van der Waals surface area (Å²) in [6.07, 6.45) is 2.66. The van der Waals surface area contributed by atoms with E-state index < -0.39 is 0 Å². The third-order valence-electron chi connectivity index (χ3n) is 6.05. The molecule has 1 saturated heterocycles. The van der Waals surface area contributed by atoms with E-state index in [2.05, 4.69) is 4.98 Å². The Bertz CT molecular complexity index is 997. The van der Waals surface area contributed by atoms with Crippen molar-refractivity contribution in [2.24, 2.45) is 0 Å². The number of benzene rings is 1. The standard InChI is InChI=1S/C23H27FN4O3/c1-15-17-14-21(30)28(12-9-16-6-3-4-7-18(16)24)23(17)26-22(25-15)19-8-5-11-27(19)20(29)10-13-31-2/h3-4,6-7,19H,5,8-14H2,1-2H3. The number of methoxy groups -OCH3 is 1. The van der Waals surface area contributed by atoms with E-state index in [1.165, 1.54) is 6.07 Å². The highest BCUT2D eigenvalue weighted by atomic mass is 19.1. The minimum absolute atomic E-state index is 0.0265. The van der Waals surface area contributed by atoms with Crippen molar-refractivity contribution in [2.45, 2.75) is 45.1 Å². The molecule has 0 saturated carbocycles. The molecule has 1 aromatic carbocycles. The number of likely N-dealkylation sites (tertiary alicyclic amines) is 1. The lowest BCUT2D eigenvalue weighted by molar-refractivity contribution is -0.133. The van der Waals surface area contributed by atoms with Gasteiger partial charge in [0, 0.05) is 31.5 Å². The maximum atomic E-state index is 14.0. The van der Waals surface area contributed by atoms with E-state index in [9.17, 15) is 14.0 Å². The number of rotatable bonds is 7. The van der Waals surface area contributed by atoms with Gasteiger partial charge in [-0.1, -0.05) is 18.2 Å². The molecule has 0 bridgehead atoms. The molecule has 2 aliphatic heterocycles. The van der Waals surface area contributed by atoms with Crippen LogP contribution in [0, 0.1) is 12.7 Å². The predicted octanol–water partition coefficient (Wildman–Crippen LogP) is 2.76. The van der Waals surface area contributed by atoms with Crippen molar-refractivity contribution in [2.75, 3.05) is 31.7 Å². The lowest BCUT2D eigenvalue weighted by Crippen LogP contribution is -2.33. The Labute approximate surface area is 181 Å². The number of amides is 2. The molecule has 1 fully saturated rings. The van der Waals surface area contributed by atoms with E-state index in [-0.39, 0.29) is 30.1 Å². The van der Waals surface area contributed by atoms with Gasteiger partial charge in [0.1, 0.15) is 11.6 Å². The molecular weight excluding hydrogens is 399 g/mol. The van der Waals surface area contributed by atoms with Crippen molar-refractivity contribution in [3.63, 3.8) is 0 Å². The summed E-state index contributed by atoms with van der Waals surface area (Å²) in [5, 5.41) is 0. The van der Waals surface area contributed by atoms with Gasteiger partial charge in [0.05, 0.1) is 25.5 Å². The number of hydrogen-bond donors (Lipinski definition) is 0. The van der Waals surface area contributed by atoms with Gasteiger partial charge in [-0.25, -0.2) is 14.4 Å². The maximum Gasteiger partial charge on any atom is 0.232 e. The van der Waals surface area contributed by atoms with Gasteiger partial charge in [-0.2, -0.15) is 0 Å². The van der Waals surface area contributed by atoms with Gasteiger partial charge in [-0.05, 0) is 37.8 Å². The SMILES string of the molecule is COCCC(=O)N1CCCC1c1nc(C)c2c(n1)N(CCc1ccccc1F)C(=O)C2. The van der Waals surface area contributed by atoms with Crippen LogP contribution in [0.25, 0.3) is 0 Å². The number of halogens is 1. The molecule has 7 nitrogen and oxygen atoms in total. The Hall–Kier alpha value is -2.87. The first kappa shape index (κ1) is 21.4. The van der Waals surface area contributed by atoms with Crippen molar-refractivity contribution in [3.05, 3.63) is 52.7 Å². The fraction of sp³-hybridized carbons (Fsp3) is 0.478. The Balaban J connectivity index is 1.58. The zero-order chi connectivity index (χ0) is 22.0. The van der Waals surface area contributed by atoms with E-state index in [0.29, 0.717) is 49.7 Å². The Morgan fingerprint density at radius 2 is 2.10 bits per heavy atom. The van der Waals surface area contributed by atoms with E-state index in [1.54, 1.807) is 30.2 Å². The molecular formula is C23H27FN4O3. The van der Waals surface area contributed by atoms with E-state index in [4.69, 9.17) is 9.72 Å². The zero-order valence-corrected chi connectivity index (χ0v) is 17.9. The fourth-order valence-corrected chi connectivity index (χ4v) is 4.38. The second-order valence-corrected chi connectivity index (χ2v) is 8.02. The summed E-state index contributed by atoms with van der Waals surface area (Å²) in [5.74, 6) is 0.870. The van der Waals surface area contributed by atoms with Gasteiger partial charge in [-0.3, -0.25) is 14.5 Å². The molecule has 31 heavy (non-hydrogen) atoms. The number of hydrogen-bond acceptors (Lipinski definition) is 5. The molecule has 2 amide bonds. The van der Waals surface area contributed by atoms with Crippen molar-refractivity contribution in [1.29, 1.82) is 0 Å². The van der Waals surface area contributed by atoms with Crippen LogP contribution in [0.15, 0.2) is 24.3 Å². The van der Waals surface area contributed by atoms with Crippen LogP contribution in [0.1, 0.15) is 47.9 Å². The molecule has 164 valence electrons. The molecule has 0 radical (unpaired) electrons. The third-order valence-corrected chi connectivity index (χ3v) is 6.05. The summed E-state index contributed by atoms with van der Waals surface area (Å²) in [4.78, 5) is 38.2. The first-order valence-electron chi connectivity index (χ1n) is 10.7. The normalized spacial score (nSPS) is 18.0. The summed E-state index contributed by atoms with van der Waals surface area (Å²) in [6, 6.07) is 6.40. The van der Waals surface area contributed by atoms with Crippen LogP contribution < -0.4 is 4.90 Å². The number of carbonyl (C=O) groups excluding carboxylic acids is 2. The van der Waals surface area contributed by atoms with Crippen LogP contribution in [-0.2, 0) is 27.2 Å². The second-order valence-electron chi connectivity index (χ2n) is 8.02. The monoisotopic (exact) mass is 426 g/mol. The minimum Gasteiger partial charge on any atom is -0.384 e. The van der Waals surface area contributed by atoms with Gasteiger partial charge in [0.15, 0.2) is 5.82 Å². The number of carbonyl (C=O) groups is 2. The molecule has 8 heteroatoms. The molecule has 0 spiro atoms. The minimum atomic E-state index is -0.273. The van der Waals surface area contributed by atoms with Gasteiger partial charge in [-0.15, -0.1) is 0 Å². The first-order chi connectivity index (χ1) is 15.0. The molecule has 0 N–H and O–H groups in total. The maximum absolute atomic E-state index is 14.0. The first-order valence-corrected chi connectivity index (χ1v) is 10.7. The summed E-state index contributed by atoms with van der Waals surface area (Å²) in [5.41, 5.74) is 2.15. The Kier molecular flexibility index (Phi) is 6.27. The van der Waals surface area contributed by atoms with E-state index in [1.807, 2.05) is 11.8 Å². The quantitative estimate of drug-likeness (QED) is 0.681. The van der Waals surface area contributed by atoms with Gasteiger partial charge >= 0.3 is 0 Å². The molecule has 1 atom stereocenters. The van der Waals surface area contributed by atoms with Gasteiger partial charge in [0.25, 0.3) is 0 Å². The molecule has 1 aromatic heterocycles. The van der Waals surface area contributed by atoms with Crippen LogP contribution in [-0.4, -0.2) is 53.5 Å². The molecule has 3 heterocycles. The van der Waals surface area contributed by atoms with Crippen LogP contribution in [0.5, 0.6) is 0 Å². The highest BCUT2D eigenvalue weighted by Gasteiger charge is 2.36. The number of ether oxygens (including phenoxy) is 1. The van der Waals surface area contributed by atoms with Crippen molar-refractivity contribution in [1.82, 2.24) is 14.9 Å². The largest absolute Gasteiger partial charge is 0.384 e. The number of aromatic nitrogens is 2. The molecule has 2 aromatic rings.